The fourth-order valence-electron chi connectivity index (χ4n) is 1.29. The van der Waals surface area contributed by atoms with Crippen molar-refractivity contribution in [1.82, 2.24) is 19.5 Å². The summed E-state index contributed by atoms with van der Waals surface area (Å²) in [7, 11) is 0. The Balaban J connectivity index is 2.37. The van der Waals surface area contributed by atoms with E-state index in [2.05, 4.69) is 15.0 Å². The van der Waals surface area contributed by atoms with Crippen LogP contribution in [0.4, 0.5) is 0 Å². The molecule has 2 rings (SSSR count). The van der Waals surface area contributed by atoms with Gasteiger partial charge in [-0.05, 0) is 6.92 Å². The zero-order chi connectivity index (χ0) is 10.8. The Labute approximate surface area is 91.1 Å². The highest BCUT2D eigenvalue weighted by Gasteiger charge is 2.08. The van der Waals surface area contributed by atoms with Crippen molar-refractivity contribution >= 4 is 28.5 Å². The summed E-state index contributed by atoms with van der Waals surface area (Å²) in [5.74, 6) is 0.136. The predicted octanol–water partition coefficient (Wildman–Crippen LogP) is 1.46. The lowest BCUT2D eigenvalue weighted by Crippen LogP contribution is -2.02. The number of nitrogens with zero attached hydrogens (tertiary/aromatic N) is 4. The van der Waals surface area contributed by atoms with Crippen LogP contribution in [-0.2, 0) is 11.3 Å². The largest absolute Gasteiger partial charge is 0.315 e. The van der Waals surface area contributed by atoms with Gasteiger partial charge in [0.25, 0.3) is 0 Å². The van der Waals surface area contributed by atoms with Crippen LogP contribution < -0.4 is 0 Å². The normalized spacial score (nSPS) is 10.8. The molecule has 0 saturated carbocycles. The molecule has 2 aromatic rings. The zero-order valence-corrected chi connectivity index (χ0v) is 8.90. The molecule has 5 nitrogen and oxygen atoms in total. The van der Waals surface area contributed by atoms with E-state index in [1.54, 1.807) is 17.8 Å². The first-order chi connectivity index (χ1) is 7.18. The Morgan fingerprint density at radius 1 is 1.47 bits per heavy atom. The van der Waals surface area contributed by atoms with E-state index in [4.69, 9.17) is 11.6 Å². The Morgan fingerprint density at radius 2 is 2.27 bits per heavy atom. The maximum atomic E-state index is 10.8. The molecule has 0 aliphatic rings. The van der Waals surface area contributed by atoms with Gasteiger partial charge < -0.3 is 4.57 Å². The molecule has 0 spiro atoms. The number of carbonyl (C=O) groups is 1. The predicted molar refractivity (Wildman–Crippen MR) is 55.6 cm³/mol. The molecule has 0 fully saturated rings. The Kier molecular flexibility index (Phi) is 2.64. The number of hydrogen-bond donors (Lipinski definition) is 0. The first-order valence-corrected chi connectivity index (χ1v) is 4.87. The van der Waals surface area contributed by atoms with Gasteiger partial charge in [0.15, 0.2) is 10.8 Å². The average molecular weight is 225 g/mol. The minimum Gasteiger partial charge on any atom is -0.315 e. The van der Waals surface area contributed by atoms with Crippen LogP contribution in [0.3, 0.4) is 0 Å². The van der Waals surface area contributed by atoms with E-state index in [-0.39, 0.29) is 5.78 Å². The molecule has 2 heterocycles. The third-order valence-electron chi connectivity index (χ3n) is 2.06. The lowest BCUT2D eigenvalue weighted by Gasteiger charge is -2.00. The third-order valence-corrected chi connectivity index (χ3v) is 2.34. The third kappa shape index (κ3) is 1.97. The molecule has 0 aliphatic carbocycles. The summed E-state index contributed by atoms with van der Waals surface area (Å²) in [6.45, 7) is 2.13. The molecule has 0 N–H and O–H groups in total. The number of rotatable bonds is 3. The van der Waals surface area contributed by atoms with Crippen molar-refractivity contribution in [2.45, 2.75) is 19.9 Å². The highest BCUT2D eigenvalue weighted by atomic mass is 35.5. The molecule has 0 bridgehead atoms. The second kappa shape index (κ2) is 3.94. The molecule has 6 heteroatoms. The molecule has 0 radical (unpaired) electrons. The van der Waals surface area contributed by atoms with Crippen LogP contribution in [0.5, 0.6) is 0 Å². The fourth-order valence-corrected chi connectivity index (χ4v) is 1.47. The molecule has 78 valence electrons. The van der Waals surface area contributed by atoms with Crippen LogP contribution in [0.25, 0.3) is 11.2 Å². The topological polar surface area (TPSA) is 60.7 Å². The zero-order valence-electron chi connectivity index (χ0n) is 8.14. The number of aryl methyl sites for hydroxylation is 1. The van der Waals surface area contributed by atoms with Crippen LogP contribution in [0.1, 0.15) is 13.3 Å². The number of imidazole rings is 1. The van der Waals surface area contributed by atoms with Crippen LogP contribution in [0.2, 0.25) is 5.15 Å². The number of aromatic nitrogens is 4. The summed E-state index contributed by atoms with van der Waals surface area (Å²) in [6.07, 6.45) is 3.47. The van der Waals surface area contributed by atoms with Crippen LogP contribution in [0.15, 0.2) is 12.7 Å². The molecule has 0 saturated heterocycles. The van der Waals surface area contributed by atoms with Gasteiger partial charge >= 0.3 is 0 Å². The number of hydrogen-bond acceptors (Lipinski definition) is 4. The SMILES string of the molecule is CC(=O)CCn1cnc2c(Cl)ncnc21. The van der Waals surface area contributed by atoms with Gasteiger partial charge in [-0.15, -0.1) is 0 Å². The molecule has 15 heavy (non-hydrogen) atoms. The van der Waals surface area contributed by atoms with E-state index in [1.807, 2.05) is 0 Å². The number of Topliss-reactive ketones (excluding diaryl/α,β-unsaturated/α-hetero) is 1. The maximum Gasteiger partial charge on any atom is 0.164 e. The highest BCUT2D eigenvalue weighted by molar-refractivity contribution is 6.33. The van der Waals surface area contributed by atoms with Crippen LogP contribution >= 0.6 is 11.6 Å². The monoisotopic (exact) mass is 224 g/mol. The molecule has 0 atom stereocenters. The van der Waals surface area contributed by atoms with Gasteiger partial charge in [-0.25, -0.2) is 15.0 Å². The fraction of sp³-hybridized carbons (Fsp3) is 0.333. The quantitative estimate of drug-likeness (QED) is 0.741. The first kappa shape index (κ1) is 10.0. The van der Waals surface area contributed by atoms with Gasteiger partial charge in [-0.1, -0.05) is 11.6 Å². The van der Waals surface area contributed by atoms with Crippen LogP contribution in [0, 0.1) is 0 Å². The second-order valence-corrected chi connectivity index (χ2v) is 3.58. The minimum atomic E-state index is 0.136. The summed E-state index contributed by atoms with van der Waals surface area (Å²) in [6, 6.07) is 0. The number of ketones is 1. The van der Waals surface area contributed by atoms with Gasteiger partial charge in [-0.3, -0.25) is 4.79 Å². The second-order valence-electron chi connectivity index (χ2n) is 3.23. The summed E-state index contributed by atoms with van der Waals surface area (Å²) in [5, 5.41) is 0.335. The minimum absolute atomic E-state index is 0.136. The van der Waals surface area contributed by atoms with Crippen molar-refractivity contribution in [3.05, 3.63) is 17.8 Å². The van der Waals surface area contributed by atoms with E-state index >= 15 is 0 Å². The van der Waals surface area contributed by atoms with E-state index in [0.717, 1.165) is 0 Å². The number of carbonyl (C=O) groups excluding carboxylic acids is 1. The van der Waals surface area contributed by atoms with Crippen LogP contribution in [-0.4, -0.2) is 25.3 Å². The standard InChI is InChI=1S/C9H9ClN4O/c1-6(15)2-3-14-5-13-7-8(10)11-4-12-9(7)14/h4-5H,2-3H2,1H3. The van der Waals surface area contributed by atoms with Gasteiger partial charge in [0, 0.05) is 13.0 Å². The van der Waals surface area contributed by atoms with E-state index in [1.165, 1.54) is 6.33 Å². The first-order valence-electron chi connectivity index (χ1n) is 4.49. The van der Waals surface area contributed by atoms with Gasteiger partial charge in [0.2, 0.25) is 0 Å². The summed E-state index contributed by atoms with van der Waals surface area (Å²) >= 11 is 5.84. The molecule has 0 aliphatic heterocycles. The smallest absolute Gasteiger partial charge is 0.164 e. The van der Waals surface area contributed by atoms with E-state index in [0.29, 0.717) is 29.3 Å². The average Bonchev–Trinajstić information content (AvgIpc) is 2.59. The lowest BCUT2D eigenvalue weighted by atomic mass is 10.3. The highest BCUT2D eigenvalue weighted by Crippen LogP contribution is 2.16. The molecule has 0 unspecified atom stereocenters. The molecule has 2 aromatic heterocycles. The molecular weight excluding hydrogens is 216 g/mol. The summed E-state index contributed by atoms with van der Waals surface area (Å²) < 4.78 is 1.80. The molecule has 0 aromatic carbocycles. The van der Waals surface area contributed by atoms with Crippen molar-refractivity contribution in [2.24, 2.45) is 0 Å². The lowest BCUT2D eigenvalue weighted by molar-refractivity contribution is -0.117. The number of fused-ring (bicyclic) bond motifs is 1. The Morgan fingerprint density at radius 3 is 3.00 bits per heavy atom. The van der Waals surface area contributed by atoms with Gasteiger partial charge in [-0.2, -0.15) is 0 Å². The molecular formula is C9H9ClN4O. The van der Waals surface area contributed by atoms with Crippen molar-refractivity contribution < 1.29 is 4.79 Å². The van der Waals surface area contributed by atoms with E-state index in [9.17, 15) is 4.79 Å². The van der Waals surface area contributed by atoms with Crippen molar-refractivity contribution in [3.8, 4) is 0 Å². The Hall–Kier alpha value is -1.49. The van der Waals surface area contributed by atoms with Crippen molar-refractivity contribution in [1.29, 1.82) is 0 Å². The van der Waals surface area contributed by atoms with Gasteiger partial charge in [0.1, 0.15) is 17.6 Å². The van der Waals surface area contributed by atoms with E-state index < -0.39 is 0 Å². The Bertz CT molecular complexity index is 508. The van der Waals surface area contributed by atoms with Gasteiger partial charge in [0.05, 0.1) is 6.33 Å². The number of halogens is 1. The van der Waals surface area contributed by atoms with Crippen molar-refractivity contribution in [2.75, 3.05) is 0 Å². The molecule has 0 amide bonds. The summed E-state index contributed by atoms with van der Waals surface area (Å²) in [4.78, 5) is 22.8. The maximum absolute atomic E-state index is 10.8. The summed E-state index contributed by atoms with van der Waals surface area (Å²) in [5.41, 5.74) is 1.24. The van der Waals surface area contributed by atoms with Crippen molar-refractivity contribution in [3.63, 3.8) is 0 Å².